The Morgan fingerprint density at radius 3 is 2.58 bits per heavy atom. The molecule has 2 heterocycles. The summed E-state index contributed by atoms with van der Waals surface area (Å²) < 4.78 is 2.42. The van der Waals surface area contributed by atoms with Crippen LogP contribution in [0.3, 0.4) is 0 Å². The second-order valence-electron chi connectivity index (χ2n) is 7.69. The molecule has 3 amide bonds. The van der Waals surface area contributed by atoms with Gasteiger partial charge in [0.1, 0.15) is 5.65 Å². The third kappa shape index (κ3) is 3.48. The van der Waals surface area contributed by atoms with Crippen molar-refractivity contribution in [2.75, 3.05) is 5.32 Å². The number of rotatable bonds is 4. The largest absolute Gasteiger partial charge is 0.494 e. The predicted octanol–water partition coefficient (Wildman–Crippen LogP) is 0.631. The third-order valence-corrected chi connectivity index (χ3v) is 3.88. The molecule has 0 aromatic carbocycles. The number of anilines is 1. The number of nitrogens with two attached hydrogens (primary N) is 1. The summed E-state index contributed by atoms with van der Waals surface area (Å²) in [6.45, 7) is 6.16. The van der Waals surface area contributed by atoms with Gasteiger partial charge in [0.15, 0.2) is 11.4 Å². The van der Waals surface area contributed by atoms with Crippen LogP contribution in [0.15, 0.2) is 10.9 Å². The zero-order chi connectivity index (χ0) is 19.2. The average Bonchev–Trinajstić information content (AvgIpc) is 3.19. The Morgan fingerprint density at radius 2 is 2.04 bits per heavy atom. The van der Waals surface area contributed by atoms with Crippen LogP contribution in [0.5, 0.6) is 5.88 Å². The van der Waals surface area contributed by atoms with E-state index in [0.717, 1.165) is 17.4 Å². The topological polar surface area (TPSA) is 144 Å². The standard InChI is InChI=1S/C16H22N6O4/c1-16(2,3)7-21-10-6-9(19-15(17)26)20-22(10)14(25)11(13(21)24)12(23)18-8-4-5-8/h6,8,24H,4-5,7H2,1-3H3,(H,18,23)(H3,17,19,20,26). The van der Waals surface area contributed by atoms with Crippen LogP contribution in [-0.2, 0) is 6.54 Å². The maximum absolute atomic E-state index is 12.7. The summed E-state index contributed by atoms with van der Waals surface area (Å²) in [5.74, 6) is -1.02. The molecule has 2 aromatic heterocycles. The molecule has 0 saturated heterocycles. The predicted molar refractivity (Wildman–Crippen MR) is 94.3 cm³/mol. The van der Waals surface area contributed by atoms with E-state index >= 15 is 0 Å². The maximum atomic E-state index is 12.7. The minimum absolute atomic E-state index is 0.0257. The first kappa shape index (κ1) is 17.8. The molecule has 0 atom stereocenters. The Balaban J connectivity index is 2.21. The first-order valence-corrected chi connectivity index (χ1v) is 8.29. The molecule has 0 unspecified atom stereocenters. The first-order valence-electron chi connectivity index (χ1n) is 8.29. The van der Waals surface area contributed by atoms with Gasteiger partial charge in [0.05, 0.1) is 0 Å². The van der Waals surface area contributed by atoms with Gasteiger partial charge >= 0.3 is 6.03 Å². The SMILES string of the molecule is CC(C)(C)Cn1c(O)c(C(=O)NC2CC2)c(=O)n2nc(NC(N)=O)cc12. The van der Waals surface area contributed by atoms with Crippen molar-refractivity contribution in [1.29, 1.82) is 0 Å². The third-order valence-electron chi connectivity index (χ3n) is 3.88. The molecule has 10 heteroatoms. The lowest BCUT2D eigenvalue weighted by Gasteiger charge is -2.23. The number of amides is 3. The Morgan fingerprint density at radius 1 is 1.38 bits per heavy atom. The van der Waals surface area contributed by atoms with Crippen molar-refractivity contribution >= 4 is 23.4 Å². The van der Waals surface area contributed by atoms with Crippen molar-refractivity contribution in [2.24, 2.45) is 11.1 Å². The van der Waals surface area contributed by atoms with Crippen LogP contribution in [0.25, 0.3) is 5.65 Å². The number of fused-ring (bicyclic) bond motifs is 1. The van der Waals surface area contributed by atoms with Crippen LogP contribution >= 0.6 is 0 Å². The molecule has 1 saturated carbocycles. The smallest absolute Gasteiger partial charge is 0.317 e. The summed E-state index contributed by atoms with van der Waals surface area (Å²) >= 11 is 0. The minimum Gasteiger partial charge on any atom is -0.494 e. The van der Waals surface area contributed by atoms with Crippen molar-refractivity contribution in [1.82, 2.24) is 19.5 Å². The molecule has 0 radical (unpaired) electrons. The number of primary amides is 1. The molecular formula is C16H22N6O4. The van der Waals surface area contributed by atoms with Crippen molar-refractivity contribution < 1.29 is 14.7 Å². The lowest BCUT2D eigenvalue weighted by molar-refractivity contribution is 0.0944. The molecule has 0 spiro atoms. The van der Waals surface area contributed by atoms with Crippen LogP contribution in [0.1, 0.15) is 44.0 Å². The van der Waals surface area contributed by atoms with Crippen LogP contribution in [-0.4, -0.2) is 37.3 Å². The van der Waals surface area contributed by atoms with Crippen LogP contribution in [0.2, 0.25) is 0 Å². The minimum atomic E-state index is -0.834. The van der Waals surface area contributed by atoms with E-state index < -0.39 is 23.4 Å². The lowest BCUT2D eigenvalue weighted by Crippen LogP contribution is -2.35. The number of nitrogens with zero attached hydrogens (tertiary/aromatic N) is 3. The fourth-order valence-corrected chi connectivity index (χ4v) is 2.66. The van der Waals surface area contributed by atoms with Crippen LogP contribution < -0.4 is 21.9 Å². The molecule has 140 valence electrons. The number of nitrogens with one attached hydrogen (secondary N) is 2. The average molecular weight is 362 g/mol. The quantitative estimate of drug-likeness (QED) is 0.630. The highest BCUT2D eigenvalue weighted by Gasteiger charge is 2.30. The van der Waals surface area contributed by atoms with E-state index in [-0.39, 0.29) is 28.5 Å². The number of urea groups is 1. The van der Waals surface area contributed by atoms with Gasteiger partial charge in [-0.3, -0.25) is 19.5 Å². The van der Waals surface area contributed by atoms with Gasteiger partial charge < -0.3 is 16.2 Å². The maximum Gasteiger partial charge on any atom is 0.317 e. The summed E-state index contributed by atoms with van der Waals surface area (Å²) in [5, 5.41) is 19.7. The van der Waals surface area contributed by atoms with Gasteiger partial charge in [-0.1, -0.05) is 20.8 Å². The Bertz CT molecular complexity index is 948. The van der Waals surface area contributed by atoms with Crippen LogP contribution in [0, 0.1) is 5.41 Å². The molecule has 1 aliphatic carbocycles. The summed E-state index contributed by atoms with van der Waals surface area (Å²) in [5.41, 5.74) is 3.94. The number of carbonyl (C=O) groups excluding carboxylic acids is 2. The summed E-state index contributed by atoms with van der Waals surface area (Å²) in [4.78, 5) is 36.3. The van der Waals surface area contributed by atoms with E-state index in [1.54, 1.807) is 0 Å². The highest BCUT2D eigenvalue weighted by Crippen LogP contribution is 2.26. The van der Waals surface area contributed by atoms with Crippen LogP contribution in [0.4, 0.5) is 10.6 Å². The monoisotopic (exact) mass is 362 g/mol. The molecule has 1 aliphatic rings. The van der Waals surface area contributed by atoms with Gasteiger partial charge in [0, 0.05) is 18.7 Å². The second kappa shape index (κ2) is 6.04. The Labute approximate surface area is 149 Å². The van der Waals surface area contributed by atoms with Crippen molar-refractivity contribution in [3.05, 3.63) is 22.0 Å². The fourth-order valence-electron chi connectivity index (χ4n) is 2.66. The normalized spacial score (nSPS) is 14.4. The zero-order valence-corrected chi connectivity index (χ0v) is 14.9. The molecular weight excluding hydrogens is 340 g/mol. The number of hydrogen-bond acceptors (Lipinski definition) is 5. The lowest BCUT2D eigenvalue weighted by atomic mass is 9.96. The number of aromatic nitrogens is 3. The van der Waals surface area contributed by atoms with E-state index in [2.05, 4.69) is 15.7 Å². The van der Waals surface area contributed by atoms with Gasteiger partial charge in [-0.05, 0) is 18.3 Å². The summed E-state index contributed by atoms with van der Waals surface area (Å²) in [6, 6.07) is 0.608. The zero-order valence-electron chi connectivity index (χ0n) is 14.9. The Kier molecular flexibility index (Phi) is 4.13. The van der Waals surface area contributed by atoms with Crippen molar-refractivity contribution in [3.8, 4) is 5.88 Å². The molecule has 5 N–H and O–H groups in total. The highest BCUT2D eigenvalue weighted by molar-refractivity contribution is 5.96. The molecule has 2 aromatic rings. The second-order valence-corrected chi connectivity index (χ2v) is 7.69. The number of hydrogen-bond donors (Lipinski definition) is 4. The van der Waals surface area contributed by atoms with E-state index in [9.17, 15) is 19.5 Å². The fraction of sp³-hybridized carbons (Fsp3) is 0.500. The Hall–Kier alpha value is -3.04. The molecule has 1 fully saturated rings. The summed E-state index contributed by atoms with van der Waals surface area (Å²) in [7, 11) is 0. The highest BCUT2D eigenvalue weighted by atomic mass is 16.3. The van der Waals surface area contributed by atoms with Gasteiger partial charge in [0.2, 0.25) is 5.88 Å². The molecule has 0 bridgehead atoms. The molecule has 0 aliphatic heterocycles. The first-order chi connectivity index (χ1) is 12.1. The molecule has 26 heavy (non-hydrogen) atoms. The van der Waals surface area contributed by atoms with E-state index in [1.807, 2.05) is 20.8 Å². The van der Waals surface area contributed by atoms with Crippen molar-refractivity contribution in [2.45, 2.75) is 46.2 Å². The van der Waals surface area contributed by atoms with E-state index in [1.165, 1.54) is 10.6 Å². The van der Waals surface area contributed by atoms with Gasteiger partial charge in [-0.15, -0.1) is 5.10 Å². The van der Waals surface area contributed by atoms with Gasteiger partial charge in [-0.2, -0.15) is 4.52 Å². The summed E-state index contributed by atoms with van der Waals surface area (Å²) in [6.07, 6.45) is 1.69. The van der Waals surface area contributed by atoms with Gasteiger partial charge in [-0.25, -0.2) is 4.79 Å². The van der Waals surface area contributed by atoms with Gasteiger partial charge in [0.25, 0.3) is 11.5 Å². The number of aromatic hydroxyl groups is 1. The molecule has 10 nitrogen and oxygen atoms in total. The van der Waals surface area contributed by atoms with E-state index in [4.69, 9.17) is 5.73 Å². The number of carbonyl (C=O) groups is 2. The molecule has 3 rings (SSSR count). The van der Waals surface area contributed by atoms with E-state index in [0.29, 0.717) is 6.54 Å². The van der Waals surface area contributed by atoms with Crippen molar-refractivity contribution in [3.63, 3.8) is 0 Å².